The number of hydrogen-bond acceptors (Lipinski definition) is 5. The van der Waals surface area contributed by atoms with E-state index in [0.717, 1.165) is 49.9 Å². The molecule has 2 aliphatic rings. The molecule has 0 aromatic carbocycles. The van der Waals surface area contributed by atoms with Gasteiger partial charge < -0.3 is 10.6 Å². The number of rotatable bonds is 6. The molecule has 0 aliphatic carbocycles. The third-order valence-electron chi connectivity index (χ3n) is 4.84. The largest absolute Gasteiger partial charge is 0.354 e. The highest BCUT2D eigenvalue weighted by Crippen LogP contribution is 2.27. The number of nitrogens with one attached hydrogen (secondary N) is 2. The van der Waals surface area contributed by atoms with Gasteiger partial charge in [-0.3, -0.25) is 4.79 Å². The van der Waals surface area contributed by atoms with Crippen LogP contribution in [0, 0.1) is 0 Å². The molecule has 1 amide bonds. The van der Waals surface area contributed by atoms with Crippen molar-refractivity contribution in [2.24, 2.45) is 0 Å². The molecule has 9 heteroatoms. The van der Waals surface area contributed by atoms with Crippen molar-refractivity contribution >= 4 is 39.7 Å². The summed E-state index contributed by atoms with van der Waals surface area (Å²) in [5, 5.41) is 6.19. The van der Waals surface area contributed by atoms with Gasteiger partial charge in [0, 0.05) is 24.5 Å². The van der Waals surface area contributed by atoms with Crippen molar-refractivity contribution < 1.29 is 13.2 Å². The number of carbonyl (C=O) groups excluding carboxylic acids is 1. The van der Waals surface area contributed by atoms with E-state index < -0.39 is 10.0 Å². The maximum absolute atomic E-state index is 12.6. The average molecular weight is 422 g/mol. The fraction of sp³-hybridized carbons (Fsp3) is 0.706. The van der Waals surface area contributed by atoms with Gasteiger partial charge in [0.15, 0.2) is 0 Å². The van der Waals surface area contributed by atoms with E-state index in [4.69, 9.17) is 0 Å². The molecule has 0 saturated carbocycles. The summed E-state index contributed by atoms with van der Waals surface area (Å²) in [4.78, 5) is 13.1. The van der Waals surface area contributed by atoms with Gasteiger partial charge in [0.2, 0.25) is 5.91 Å². The molecule has 1 aromatic rings. The molecule has 1 unspecified atom stereocenters. The zero-order valence-corrected chi connectivity index (χ0v) is 17.4. The van der Waals surface area contributed by atoms with E-state index in [0.29, 0.717) is 30.3 Å². The minimum absolute atomic E-state index is 0. The molecule has 0 spiro atoms. The molecular formula is C17H28ClN3O3S2. The van der Waals surface area contributed by atoms with Gasteiger partial charge in [-0.1, -0.05) is 12.8 Å². The maximum atomic E-state index is 12.6. The van der Waals surface area contributed by atoms with Crippen molar-refractivity contribution in [3.63, 3.8) is 0 Å². The minimum atomic E-state index is -3.35. The second kappa shape index (κ2) is 10.0. The van der Waals surface area contributed by atoms with Crippen molar-refractivity contribution in [1.82, 2.24) is 14.9 Å². The lowest BCUT2D eigenvalue weighted by molar-refractivity contribution is -0.123. The molecule has 2 N–H and O–H groups in total. The Labute approximate surface area is 166 Å². The van der Waals surface area contributed by atoms with Crippen LogP contribution in [0.3, 0.4) is 0 Å². The van der Waals surface area contributed by atoms with E-state index in [9.17, 15) is 13.2 Å². The van der Waals surface area contributed by atoms with Gasteiger partial charge in [-0.05, 0) is 50.8 Å². The van der Waals surface area contributed by atoms with Gasteiger partial charge in [0.1, 0.15) is 4.21 Å². The lowest BCUT2D eigenvalue weighted by atomic mass is 10.0. The van der Waals surface area contributed by atoms with Crippen LogP contribution in [-0.4, -0.2) is 50.9 Å². The number of thiophene rings is 1. The van der Waals surface area contributed by atoms with Gasteiger partial charge in [-0.15, -0.1) is 23.7 Å². The van der Waals surface area contributed by atoms with Gasteiger partial charge in [-0.25, -0.2) is 8.42 Å². The monoisotopic (exact) mass is 421 g/mol. The fourth-order valence-corrected chi connectivity index (χ4v) is 6.40. The van der Waals surface area contributed by atoms with Crippen molar-refractivity contribution in [3.05, 3.63) is 17.0 Å². The smallest absolute Gasteiger partial charge is 0.252 e. The summed E-state index contributed by atoms with van der Waals surface area (Å²) >= 11 is 1.32. The Morgan fingerprint density at radius 3 is 2.65 bits per heavy atom. The van der Waals surface area contributed by atoms with Crippen molar-refractivity contribution in [2.75, 3.05) is 26.2 Å². The van der Waals surface area contributed by atoms with Crippen LogP contribution in [0.4, 0.5) is 0 Å². The summed E-state index contributed by atoms with van der Waals surface area (Å²) in [6, 6.07) is 3.49. The molecule has 0 radical (unpaired) electrons. The normalized spacial score (nSPS) is 21.8. The third kappa shape index (κ3) is 5.42. The molecule has 1 aromatic heterocycles. The maximum Gasteiger partial charge on any atom is 0.252 e. The number of nitrogens with zero attached hydrogens (tertiary/aromatic N) is 1. The highest BCUT2D eigenvalue weighted by Gasteiger charge is 2.27. The van der Waals surface area contributed by atoms with Crippen molar-refractivity contribution in [3.8, 4) is 0 Å². The van der Waals surface area contributed by atoms with E-state index in [1.165, 1.54) is 11.3 Å². The molecule has 2 aliphatic heterocycles. The van der Waals surface area contributed by atoms with Crippen LogP contribution in [0.2, 0.25) is 0 Å². The first-order valence-electron chi connectivity index (χ1n) is 9.17. The third-order valence-corrected chi connectivity index (χ3v) is 8.35. The number of piperidine rings is 2. The Morgan fingerprint density at radius 1 is 1.19 bits per heavy atom. The predicted molar refractivity (Wildman–Crippen MR) is 107 cm³/mol. The SMILES string of the molecule is Cl.O=C(NCCc1ccc(S(=O)(=O)N2CCCCC2)s1)C1CCCCN1. The quantitative estimate of drug-likeness (QED) is 0.737. The van der Waals surface area contributed by atoms with Crippen LogP contribution in [0.1, 0.15) is 43.4 Å². The Bertz CT molecular complexity index is 681. The van der Waals surface area contributed by atoms with Crippen molar-refractivity contribution in [1.29, 1.82) is 0 Å². The van der Waals surface area contributed by atoms with Crippen molar-refractivity contribution in [2.45, 2.75) is 55.2 Å². The molecule has 26 heavy (non-hydrogen) atoms. The molecule has 3 heterocycles. The van der Waals surface area contributed by atoms with E-state index in [-0.39, 0.29) is 24.4 Å². The van der Waals surface area contributed by atoms with Gasteiger partial charge in [0.25, 0.3) is 10.0 Å². The lowest BCUT2D eigenvalue weighted by Gasteiger charge is -2.25. The average Bonchev–Trinajstić information content (AvgIpc) is 3.13. The standard InChI is InChI=1S/C17H27N3O3S2.ClH/c21-17(15-6-2-3-10-18-15)19-11-9-14-7-8-16(24-14)25(22,23)20-12-4-1-5-13-20;/h7-8,15,18H,1-6,9-13H2,(H,19,21);1H. The Hall–Kier alpha value is -0.670. The summed E-state index contributed by atoms with van der Waals surface area (Å²) in [5.74, 6) is 0.0532. The van der Waals surface area contributed by atoms with Crippen LogP contribution in [0.15, 0.2) is 16.3 Å². The summed E-state index contributed by atoms with van der Waals surface area (Å²) in [6.45, 7) is 2.70. The zero-order valence-electron chi connectivity index (χ0n) is 14.9. The number of halogens is 1. The highest BCUT2D eigenvalue weighted by atomic mass is 35.5. The van der Waals surface area contributed by atoms with E-state index in [1.807, 2.05) is 6.07 Å². The van der Waals surface area contributed by atoms with Crippen LogP contribution in [0.5, 0.6) is 0 Å². The highest BCUT2D eigenvalue weighted by molar-refractivity contribution is 7.91. The Kier molecular flexibility index (Phi) is 8.35. The molecular weight excluding hydrogens is 394 g/mol. The van der Waals surface area contributed by atoms with Gasteiger partial charge in [0.05, 0.1) is 6.04 Å². The van der Waals surface area contributed by atoms with E-state index in [1.54, 1.807) is 10.4 Å². The number of sulfonamides is 1. The molecule has 3 rings (SSSR count). The van der Waals surface area contributed by atoms with Crippen LogP contribution in [0.25, 0.3) is 0 Å². The first kappa shape index (κ1) is 21.6. The Balaban J connectivity index is 0.00000243. The number of carbonyl (C=O) groups is 1. The Morgan fingerprint density at radius 2 is 1.96 bits per heavy atom. The molecule has 2 fully saturated rings. The summed E-state index contributed by atoms with van der Waals surface area (Å²) in [7, 11) is -3.35. The first-order valence-corrected chi connectivity index (χ1v) is 11.4. The molecule has 0 bridgehead atoms. The number of amides is 1. The second-order valence-electron chi connectivity index (χ2n) is 6.73. The molecule has 1 atom stereocenters. The summed E-state index contributed by atoms with van der Waals surface area (Å²) < 4.78 is 27.3. The van der Waals surface area contributed by atoms with Gasteiger partial charge >= 0.3 is 0 Å². The first-order chi connectivity index (χ1) is 12.1. The fourth-order valence-electron chi connectivity index (χ4n) is 3.37. The van der Waals surface area contributed by atoms with E-state index in [2.05, 4.69) is 10.6 Å². The van der Waals surface area contributed by atoms with Crippen LogP contribution in [-0.2, 0) is 21.2 Å². The van der Waals surface area contributed by atoms with Gasteiger partial charge in [-0.2, -0.15) is 4.31 Å². The zero-order chi connectivity index (χ0) is 17.7. The van der Waals surface area contributed by atoms with Crippen LogP contribution >= 0.6 is 23.7 Å². The number of hydrogen-bond donors (Lipinski definition) is 2. The van der Waals surface area contributed by atoms with Crippen LogP contribution < -0.4 is 10.6 Å². The molecule has 2 saturated heterocycles. The molecule has 6 nitrogen and oxygen atoms in total. The second-order valence-corrected chi connectivity index (χ2v) is 10.1. The minimum Gasteiger partial charge on any atom is -0.354 e. The predicted octanol–water partition coefficient (Wildman–Crippen LogP) is 2.15. The summed E-state index contributed by atoms with van der Waals surface area (Å²) in [6.07, 6.45) is 6.78. The summed E-state index contributed by atoms with van der Waals surface area (Å²) in [5.41, 5.74) is 0. The topological polar surface area (TPSA) is 78.5 Å². The lowest BCUT2D eigenvalue weighted by Crippen LogP contribution is -2.47. The van der Waals surface area contributed by atoms with E-state index >= 15 is 0 Å². The molecule has 148 valence electrons.